The highest BCUT2D eigenvalue weighted by Gasteiger charge is 2.57. The van der Waals surface area contributed by atoms with E-state index in [1.54, 1.807) is 25.3 Å². The second-order valence-corrected chi connectivity index (χ2v) is 11.4. The van der Waals surface area contributed by atoms with Crippen LogP contribution in [0, 0.1) is 10.1 Å². The van der Waals surface area contributed by atoms with Gasteiger partial charge in [-0.1, -0.05) is 12.1 Å². The van der Waals surface area contributed by atoms with Crippen molar-refractivity contribution in [2.24, 2.45) is 0 Å². The lowest BCUT2D eigenvalue weighted by Crippen LogP contribution is -2.45. The fraction of sp³-hybridized carbons (Fsp3) is 0.478. The van der Waals surface area contributed by atoms with Crippen LogP contribution < -0.4 is 5.73 Å². The van der Waals surface area contributed by atoms with Gasteiger partial charge in [0.2, 0.25) is 0 Å². The molecule has 0 radical (unpaired) electrons. The van der Waals surface area contributed by atoms with Gasteiger partial charge in [-0.05, 0) is 26.8 Å². The van der Waals surface area contributed by atoms with Gasteiger partial charge in [0.25, 0.3) is 15.7 Å². The molecule has 5 rings (SSSR count). The zero-order chi connectivity index (χ0) is 28.8. The molecule has 0 spiro atoms. The van der Waals surface area contributed by atoms with E-state index in [4.69, 9.17) is 24.7 Å². The number of ether oxygens (including phenoxy) is 4. The van der Waals surface area contributed by atoms with Gasteiger partial charge >= 0.3 is 5.97 Å². The largest absolute Gasteiger partial charge is 0.465 e. The van der Waals surface area contributed by atoms with Gasteiger partial charge in [-0.15, -0.1) is 0 Å². The summed E-state index contributed by atoms with van der Waals surface area (Å²) in [5.41, 5.74) is 6.00. The summed E-state index contributed by atoms with van der Waals surface area (Å²) in [5, 5.41) is 11.6. The molecule has 3 aromatic rings. The van der Waals surface area contributed by atoms with Crippen LogP contribution in [-0.2, 0) is 33.8 Å². The van der Waals surface area contributed by atoms with E-state index in [9.17, 15) is 23.3 Å². The van der Waals surface area contributed by atoms with Gasteiger partial charge in [0.05, 0.1) is 17.9 Å². The summed E-state index contributed by atoms with van der Waals surface area (Å²) in [5.74, 6) is -1.73. The summed E-state index contributed by atoms with van der Waals surface area (Å²) in [6.07, 6.45) is -0.630. The lowest BCUT2D eigenvalue weighted by molar-refractivity contribution is -0.387. The maximum absolute atomic E-state index is 13.8. The van der Waals surface area contributed by atoms with Crippen molar-refractivity contribution >= 4 is 38.7 Å². The smallest absolute Gasteiger partial charge is 0.321 e. The fourth-order valence-electron chi connectivity index (χ4n) is 4.85. The van der Waals surface area contributed by atoms with Crippen LogP contribution in [0.25, 0.3) is 11.2 Å². The summed E-state index contributed by atoms with van der Waals surface area (Å²) < 4.78 is 53.4. The lowest BCUT2D eigenvalue weighted by atomic mass is 10.1. The number of sulfonamides is 1. The number of carbonyl (C=O) groups is 1. The number of imidazole rings is 1. The molecule has 17 heteroatoms. The van der Waals surface area contributed by atoms with Gasteiger partial charge in [0.1, 0.15) is 36.7 Å². The van der Waals surface area contributed by atoms with Gasteiger partial charge in [-0.2, -0.15) is 4.31 Å². The molecule has 2 fully saturated rings. The Hall–Kier alpha value is -3.77. The Kier molecular flexibility index (Phi) is 7.17. The summed E-state index contributed by atoms with van der Waals surface area (Å²) in [4.78, 5) is 35.2. The number of benzene rings is 1. The molecule has 40 heavy (non-hydrogen) atoms. The Morgan fingerprint density at radius 3 is 2.67 bits per heavy atom. The first-order valence-electron chi connectivity index (χ1n) is 12.3. The number of rotatable bonds is 9. The summed E-state index contributed by atoms with van der Waals surface area (Å²) in [7, 11) is -4.59. The van der Waals surface area contributed by atoms with Gasteiger partial charge in [0, 0.05) is 12.6 Å². The highest BCUT2D eigenvalue weighted by Crippen LogP contribution is 2.44. The van der Waals surface area contributed by atoms with Crippen LogP contribution in [0.5, 0.6) is 0 Å². The van der Waals surface area contributed by atoms with E-state index in [1.165, 1.54) is 24.8 Å². The number of anilines is 1. The summed E-state index contributed by atoms with van der Waals surface area (Å²) in [6, 6.07) is 4.88. The molecule has 4 heterocycles. The number of nitro benzene ring substituents is 1. The topological polar surface area (TPSA) is 204 Å². The van der Waals surface area contributed by atoms with Crippen LogP contribution in [0.1, 0.15) is 27.0 Å². The van der Waals surface area contributed by atoms with Crippen molar-refractivity contribution in [2.75, 3.05) is 25.4 Å². The average Bonchev–Trinajstić information content (AvgIpc) is 3.55. The predicted octanol–water partition coefficient (Wildman–Crippen LogP) is 0.988. The second kappa shape index (κ2) is 10.3. The highest BCUT2D eigenvalue weighted by atomic mass is 32.2. The first-order chi connectivity index (χ1) is 18.9. The third-order valence-electron chi connectivity index (χ3n) is 6.46. The minimum Gasteiger partial charge on any atom is -0.465 e. The number of hydrogen-bond acceptors (Lipinski definition) is 13. The van der Waals surface area contributed by atoms with Crippen LogP contribution in [0.2, 0.25) is 0 Å². The molecular formula is C23H27N7O9S. The van der Waals surface area contributed by atoms with Crippen molar-refractivity contribution < 1.29 is 37.1 Å². The zero-order valence-electron chi connectivity index (χ0n) is 21.7. The van der Waals surface area contributed by atoms with Crippen molar-refractivity contribution in [3.63, 3.8) is 0 Å². The summed E-state index contributed by atoms with van der Waals surface area (Å²) >= 11 is 0. The molecule has 0 bridgehead atoms. The molecule has 2 N–H and O–H groups in total. The number of para-hydroxylation sites is 1. The Morgan fingerprint density at radius 1 is 1.23 bits per heavy atom. The predicted molar refractivity (Wildman–Crippen MR) is 136 cm³/mol. The first kappa shape index (κ1) is 27.8. The van der Waals surface area contributed by atoms with E-state index < -0.39 is 74.9 Å². The molecule has 0 amide bonds. The van der Waals surface area contributed by atoms with Crippen molar-refractivity contribution in [1.29, 1.82) is 0 Å². The van der Waals surface area contributed by atoms with E-state index in [0.717, 1.165) is 16.4 Å². The van der Waals surface area contributed by atoms with Gasteiger partial charge in [-0.3, -0.25) is 19.5 Å². The molecular weight excluding hydrogens is 550 g/mol. The van der Waals surface area contributed by atoms with Crippen molar-refractivity contribution in [3.05, 3.63) is 47.0 Å². The molecule has 2 aromatic heterocycles. The Bertz CT molecular complexity index is 1560. The number of esters is 1. The standard InChI is InChI=1S/C23H27N7O9S/c1-4-36-16(31)10-28(40(34,35)15-8-6-5-7-13(15)30(32)33)9-14-18-19(39-23(2,3)38-18)22(37-14)29-12-27-17-20(24)25-11-26-21(17)29/h5-8,11-12,14,18-19,22H,4,9-10H2,1-3H3,(H2,24,25,26)/t14-,18-,19-,22-/m1/s1. The minimum atomic E-state index is -4.59. The average molecular weight is 578 g/mol. The van der Waals surface area contributed by atoms with Gasteiger partial charge in [-0.25, -0.2) is 23.4 Å². The van der Waals surface area contributed by atoms with Crippen LogP contribution in [0.3, 0.4) is 0 Å². The fourth-order valence-corrected chi connectivity index (χ4v) is 6.40. The lowest BCUT2D eigenvalue weighted by Gasteiger charge is -2.28. The second-order valence-electron chi connectivity index (χ2n) is 9.54. The van der Waals surface area contributed by atoms with Crippen LogP contribution in [-0.4, -0.2) is 86.9 Å². The molecule has 2 aliphatic heterocycles. The molecule has 214 valence electrons. The molecule has 4 atom stereocenters. The zero-order valence-corrected chi connectivity index (χ0v) is 22.6. The number of carbonyl (C=O) groups excluding carboxylic acids is 1. The van der Waals surface area contributed by atoms with Gasteiger partial charge < -0.3 is 24.7 Å². The van der Waals surface area contributed by atoms with E-state index in [2.05, 4.69) is 15.0 Å². The van der Waals surface area contributed by atoms with Crippen molar-refractivity contribution in [1.82, 2.24) is 23.8 Å². The third-order valence-corrected chi connectivity index (χ3v) is 8.32. The van der Waals surface area contributed by atoms with Crippen LogP contribution >= 0.6 is 0 Å². The van der Waals surface area contributed by atoms with Crippen LogP contribution in [0.15, 0.2) is 41.8 Å². The molecule has 1 aromatic carbocycles. The molecule has 0 aliphatic carbocycles. The maximum atomic E-state index is 13.8. The quantitative estimate of drug-likeness (QED) is 0.214. The Morgan fingerprint density at radius 2 is 1.95 bits per heavy atom. The number of nitrogens with two attached hydrogens (primary N) is 1. The van der Waals surface area contributed by atoms with Gasteiger partial charge in [0.15, 0.2) is 28.4 Å². The van der Waals surface area contributed by atoms with Crippen molar-refractivity contribution in [3.8, 4) is 0 Å². The SMILES string of the molecule is CCOC(=O)CN(C[C@H]1O[C@@H](n2cnc3c(N)ncnc32)[C@@H]2OC(C)(C)O[C@@H]21)S(=O)(=O)c1ccccc1[N+](=O)[O-]. The van der Waals surface area contributed by atoms with Crippen molar-refractivity contribution in [2.45, 2.75) is 56.0 Å². The van der Waals surface area contributed by atoms with E-state index in [-0.39, 0.29) is 12.4 Å². The molecule has 0 unspecified atom stereocenters. The number of nitrogen functional groups attached to an aromatic ring is 1. The maximum Gasteiger partial charge on any atom is 0.321 e. The number of fused-ring (bicyclic) bond motifs is 2. The Balaban J connectivity index is 1.52. The monoisotopic (exact) mass is 577 g/mol. The third kappa shape index (κ3) is 4.97. The number of nitro groups is 1. The van der Waals surface area contributed by atoms with E-state index in [1.807, 2.05) is 0 Å². The first-order valence-corrected chi connectivity index (χ1v) is 13.7. The number of nitrogens with zero attached hydrogens (tertiary/aromatic N) is 6. The number of aromatic nitrogens is 4. The minimum absolute atomic E-state index is 0.00867. The Labute approximate surface area is 228 Å². The molecule has 0 saturated carbocycles. The molecule has 16 nitrogen and oxygen atoms in total. The van der Waals surface area contributed by atoms with Crippen LogP contribution in [0.4, 0.5) is 11.5 Å². The normalized spacial score (nSPS) is 23.9. The van der Waals surface area contributed by atoms with E-state index in [0.29, 0.717) is 11.2 Å². The summed E-state index contributed by atoms with van der Waals surface area (Å²) in [6.45, 7) is 3.86. The highest BCUT2D eigenvalue weighted by molar-refractivity contribution is 7.89. The number of hydrogen-bond donors (Lipinski definition) is 1. The molecule has 2 saturated heterocycles. The molecule has 2 aliphatic rings. The van der Waals surface area contributed by atoms with E-state index >= 15 is 0 Å².